The van der Waals surface area contributed by atoms with E-state index in [4.69, 9.17) is 21.1 Å². The Labute approximate surface area is 126 Å². The van der Waals surface area contributed by atoms with Crippen molar-refractivity contribution < 1.29 is 9.47 Å². The minimum absolute atomic E-state index is 0.361. The van der Waals surface area contributed by atoms with Gasteiger partial charge in [-0.2, -0.15) is 0 Å². The second kappa shape index (κ2) is 5.70. The van der Waals surface area contributed by atoms with Crippen molar-refractivity contribution in [3.05, 3.63) is 33.3 Å². The molecule has 19 heavy (non-hydrogen) atoms. The average Bonchev–Trinajstić information content (AvgIpc) is 2.81. The van der Waals surface area contributed by atoms with Gasteiger partial charge in [0.15, 0.2) is 5.79 Å². The highest BCUT2D eigenvalue weighted by atomic mass is 79.9. The zero-order chi connectivity index (χ0) is 13.3. The van der Waals surface area contributed by atoms with Gasteiger partial charge in [-0.25, -0.2) is 0 Å². The quantitative estimate of drug-likeness (QED) is 0.819. The van der Waals surface area contributed by atoms with Crippen molar-refractivity contribution in [1.82, 2.24) is 4.90 Å². The highest BCUT2D eigenvalue weighted by Gasteiger charge is 2.40. The summed E-state index contributed by atoms with van der Waals surface area (Å²) in [6.07, 6.45) is 2.10. The first kappa shape index (κ1) is 13.8. The van der Waals surface area contributed by atoms with Crippen LogP contribution in [0.15, 0.2) is 22.7 Å². The van der Waals surface area contributed by atoms with Crippen molar-refractivity contribution in [2.45, 2.75) is 25.2 Å². The van der Waals surface area contributed by atoms with Crippen LogP contribution in [-0.2, 0) is 16.0 Å². The number of benzene rings is 1. The summed E-state index contributed by atoms with van der Waals surface area (Å²) in [5, 5.41) is 0.808. The fourth-order valence-electron chi connectivity index (χ4n) is 2.83. The molecule has 1 aromatic carbocycles. The molecule has 1 aromatic rings. The van der Waals surface area contributed by atoms with E-state index in [1.165, 1.54) is 0 Å². The molecule has 2 fully saturated rings. The molecule has 1 spiro atoms. The summed E-state index contributed by atoms with van der Waals surface area (Å²) in [6, 6.07) is 6.05. The third-order valence-corrected chi connectivity index (χ3v) is 4.56. The van der Waals surface area contributed by atoms with E-state index < -0.39 is 0 Å². The van der Waals surface area contributed by atoms with Crippen molar-refractivity contribution in [2.24, 2.45) is 0 Å². The zero-order valence-electron chi connectivity index (χ0n) is 10.7. The molecule has 0 aromatic heterocycles. The van der Waals surface area contributed by atoms with E-state index in [2.05, 4.69) is 26.9 Å². The Hall–Kier alpha value is -0.130. The van der Waals surface area contributed by atoms with Crippen LogP contribution >= 0.6 is 27.5 Å². The maximum Gasteiger partial charge on any atom is 0.181 e. The fourth-order valence-corrected chi connectivity index (χ4v) is 3.56. The first-order chi connectivity index (χ1) is 9.17. The van der Waals surface area contributed by atoms with Crippen molar-refractivity contribution in [1.29, 1.82) is 0 Å². The first-order valence-electron chi connectivity index (χ1n) is 6.61. The molecule has 2 aliphatic heterocycles. The summed E-state index contributed by atoms with van der Waals surface area (Å²) in [7, 11) is 0. The summed E-state index contributed by atoms with van der Waals surface area (Å²) in [6.45, 7) is 4.18. The number of piperidine rings is 1. The third-order valence-electron chi connectivity index (χ3n) is 3.72. The van der Waals surface area contributed by atoms with Crippen molar-refractivity contribution in [3.8, 4) is 0 Å². The maximum atomic E-state index is 6.28. The molecule has 0 aliphatic carbocycles. The number of rotatable bonds is 2. The number of halogens is 2. The van der Waals surface area contributed by atoms with Crippen LogP contribution in [-0.4, -0.2) is 37.0 Å². The summed E-state index contributed by atoms with van der Waals surface area (Å²) >= 11 is 9.71. The normalized spacial score (nSPS) is 23.1. The molecule has 0 saturated carbocycles. The van der Waals surface area contributed by atoms with Gasteiger partial charge in [-0.15, -0.1) is 0 Å². The summed E-state index contributed by atoms with van der Waals surface area (Å²) in [5.74, 6) is -0.361. The van der Waals surface area contributed by atoms with Crippen LogP contribution in [0.2, 0.25) is 5.02 Å². The Morgan fingerprint density at radius 1 is 1.32 bits per heavy atom. The monoisotopic (exact) mass is 345 g/mol. The number of ether oxygens (including phenoxy) is 2. The second-order valence-corrected chi connectivity index (χ2v) is 6.48. The van der Waals surface area contributed by atoms with Gasteiger partial charge in [0.05, 0.1) is 19.8 Å². The summed E-state index contributed by atoms with van der Waals surface area (Å²) in [4.78, 5) is 2.37. The van der Waals surface area contributed by atoms with Gasteiger partial charge in [0, 0.05) is 22.5 Å². The average molecular weight is 347 g/mol. The molecule has 3 rings (SSSR count). The fraction of sp³-hybridized carbons (Fsp3) is 0.571. The molecule has 2 heterocycles. The van der Waals surface area contributed by atoms with Gasteiger partial charge in [-0.1, -0.05) is 33.6 Å². The molecular formula is C14H17BrClNO2. The highest BCUT2D eigenvalue weighted by Crippen LogP contribution is 2.31. The molecule has 104 valence electrons. The molecule has 0 unspecified atom stereocenters. The zero-order valence-corrected chi connectivity index (χ0v) is 13.0. The van der Waals surface area contributed by atoms with E-state index in [0.717, 1.165) is 47.5 Å². The lowest BCUT2D eigenvalue weighted by molar-refractivity contribution is -0.190. The van der Waals surface area contributed by atoms with Crippen LogP contribution in [0.1, 0.15) is 18.4 Å². The largest absolute Gasteiger partial charge is 0.346 e. The van der Waals surface area contributed by atoms with Crippen molar-refractivity contribution >= 4 is 27.5 Å². The molecule has 3 nitrogen and oxygen atoms in total. The third kappa shape index (κ3) is 3.14. The van der Waals surface area contributed by atoms with Gasteiger partial charge in [0.25, 0.3) is 0 Å². The van der Waals surface area contributed by atoms with Crippen LogP contribution in [0, 0.1) is 0 Å². The van der Waals surface area contributed by atoms with Gasteiger partial charge in [0.2, 0.25) is 0 Å². The van der Waals surface area contributed by atoms with Crippen LogP contribution in [0.25, 0.3) is 0 Å². The van der Waals surface area contributed by atoms with Crippen LogP contribution < -0.4 is 0 Å². The van der Waals surface area contributed by atoms with Crippen molar-refractivity contribution in [3.63, 3.8) is 0 Å². The van der Waals surface area contributed by atoms with Crippen molar-refractivity contribution in [2.75, 3.05) is 26.3 Å². The topological polar surface area (TPSA) is 21.7 Å². The maximum absolute atomic E-state index is 6.28. The predicted molar refractivity (Wildman–Crippen MR) is 78.3 cm³/mol. The highest BCUT2D eigenvalue weighted by molar-refractivity contribution is 9.10. The molecule has 0 amide bonds. The molecular weight excluding hydrogens is 330 g/mol. The van der Waals surface area contributed by atoms with Gasteiger partial charge in [0.1, 0.15) is 0 Å². The van der Waals surface area contributed by atoms with Crippen LogP contribution in [0.3, 0.4) is 0 Å². The number of likely N-dealkylation sites (tertiary alicyclic amines) is 1. The van der Waals surface area contributed by atoms with E-state index in [9.17, 15) is 0 Å². The van der Waals surface area contributed by atoms with Gasteiger partial charge >= 0.3 is 0 Å². The van der Waals surface area contributed by atoms with Crippen LogP contribution in [0.5, 0.6) is 0 Å². The van der Waals surface area contributed by atoms with Gasteiger partial charge in [-0.05, 0) is 30.7 Å². The molecule has 0 bridgehead atoms. The minimum atomic E-state index is -0.361. The lowest BCUT2D eigenvalue weighted by Crippen LogP contribution is -2.48. The van der Waals surface area contributed by atoms with E-state index in [1.807, 2.05) is 12.1 Å². The van der Waals surface area contributed by atoms with E-state index in [1.54, 1.807) is 0 Å². The number of nitrogens with zero attached hydrogens (tertiary/aromatic N) is 1. The Kier molecular flexibility index (Phi) is 4.15. The molecule has 0 atom stereocenters. The number of hydrogen-bond donors (Lipinski definition) is 0. The standard InChI is InChI=1S/C14H17BrClNO2/c15-12-3-2-11(13(16)8-12)9-17-5-1-4-14(10-17)18-6-7-19-14/h2-3,8H,1,4-7,9-10H2. The lowest BCUT2D eigenvalue weighted by Gasteiger charge is -2.38. The van der Waals surface area contributed by atoms with E-state index in [-0.39, 0.29) is 5.79 Å². The Balaban J connectivity index is 1.69. The molecule has 0 radical (unpaired) electrons. The molecule has 5 heteroatoms. The van der Waals surface area contributed by atoms with E-state index >= 15 is 0 Å². The molecule has 2 saturated heterocycles. The van der Waals surface area contributed by atoms with Gasteiger partial charge < -0.3 is 9.47 Å². The Morgan fingerprint density at radius 3 is 2.84 bits per heavy atom. The Morgan fingerprint density at radius 2 is 2.11 bits per heavy atom. The molecule has 0 N–H and O–H groups in total. The minimum Gasteiger partial charge on any atom is -0.346 e. The summed E-state index contributed by atoms with van der Waals surface area (Å²) in [5.41, 5.74) is 1.15. The Bertz CT molecular complexity index is 463. The molecule has 2 aliphatic rings. The van der Waals surface area contributed by atoms with Crippen LogP contribution in [0.4, 0.5) is 0 Å². The number of hydrogen-bond acceptors (Lipinski definition) is 3. The SMILES string of the molecule is Clc1cc(Br)ccc1CN1CCCC2(C1)OCCO2. The lowest BCUT2D eigenvalue weighted by atomic mass is 10.0. The van der Waals surface area contributed by atoms with Gasteiger partial charge in [-0.3, -0.25) is 4.90 Å². The van der Waals surface area contributed by atoms with E-state index in [0.29, 0.717) is 13.2 Å². The predicted octanol–water partition coefficient (Wildman–Crippen LogP) is 3.44. The summed E-state index contributed by atoms with van der Waals surface area (Å²) < 4.78 is 12.6. The smallest absolute Gasteiger partial charge is 0.181 e. The second-order valence-electron chi connectivity index (χ2n) is 5.16. The first-order valence-corrected chi connectivity index (χ1v) is 7.78.